The number of nitrogens with zero attached hydrogens (tertiary/aromatic N) is 6. The number of rotatable bonds is 10. The summed E-state index contributed by atoms with van der Waals surface area (Å²) in [6.07, 6.45) is -0.953. The Morgan fingerprint density at radius 1 is 1.04 bits per heavy atom. The molecule has 6 aromatic rings. The number of alkyl halides is 3. The molecule has 0 radical (unpaired) electrons. The van der Waals surface area contributed by atoms with E-state index < -0.39 is 56.3 Å². The first-order chi connectivity index (χ1) is 25.0. The molecule has 1 aliphatic rings. The summed E-state index contributed by atoms with van der Waals surface area (Å²) in [7, 11) is -2.52. The molecule has 2 N–H and O–H groups in total. The molecule has 3 heterocycles. The zero-order valence-electron chi connectivity index (χ0n) is 27.7. The molecule has 0 saturated heterocycles. The van der Waals surface area contributed by atoms with Crippen LogP contribution in [-0.4, -0.2) is 49.7 Å². The van der Waals surface area contributed by atoms with Gasteiger partial charge in [-0.1, -0.05) is 17.7 Å². The summed E-state index contributed by atoms with van der Waals surface area (Å²) in [6, 6.07) is 8.61. The predicted molar refractivity (Wildman–Crippen MR) is 185 cm³/mol. The van der Waals surface area contributed by atoms with Crippen molar-refractivity contribution in [1.82, 2.24) is 34.4 Å². The molecular formula is C34H28ClF5N8O4S. The van der Waals surface area contributed by atoms with Crippen LogP contribution in [0.3, 0.4) is 0 Å². The average Bonchev–Trinajstić information content (AvgIpc) is 3.71. The quantitative estimate of drug-likeness (QED) is 0.168. The Labute approximate surface area is 302 Å². The number of sulfonamides is 1. The van der Waals surface area contributed by atoms with Crippen LogP contribution in [0.15, 0.2) is 65.6 Å². The Bertz CT molecular complexity index is 2600. The van der Waals surface area contributed by atoms with Gasteiger partial charge in [0, 0.05) is 31.6 Å². The van der Waals surface area contributed by atoms with Gasteiger partial charge in [-0.2, -0.15) is 23.4 Å². The van der Waals surface area contributed by atoms with Crippen LogP contribution in [-0.2, 0) is 41.0 Å². The SMILES string of the molecule is Cn1nc(NS(C)(=O)=O)c2c(Cl)ccc(-n3c([C@H](Cc4cc(F)cc(F)c4)NC(=O)Cn4ccc(C5CC5)n4)nc4cccc(C(F)(F)F)c4c3=O)c21. The highest BCUT2D eigenvalue weighted by Gasteiger charge is 2.36. The van der Waals surface area contributed by atoms with Crippen molar-refractivity contribution in [2.24, 2.45) is 7.05 Å². The number of amides is 1. The van der Waals surface area contributed by atoms with Crippen molar-refractivity contribution in [3.63, 3.8) is 0 Å². The minimum absolute atomic E-state index is 0.00270. The van der Waals surface area contributed by atoms with E-state index in [0.717, 1.165) is 53.6 Å². The fourth-order valence-electron chi connectivity index (χ4n) is 6.36. The smallest absolute Gasteiger partial charge is 0.344 e. The molecule has 1 amide bonds. The lowest BCUT2D eigenvalue weighted by molar-refractivity contribution is -0.136. The number of halogens is 6. The van der Waals surface area contributed by atoms with Gasteiger partial charge < -0.3 is 5.32 Å². The van der Waals surface area contributed by atoms with Crippen LogP contribution in [0.2, 0.25) is 5.02 Å². The first-order valence-electron chi connectivity index (χ1n) is 16.0. The first-order valence-corrected chi connectivity index (χ1v) is 18.3. The van der Waals surface area contributed by atoms with Crippen molar-refractivity contribution >= 4 is 55.2 Å². The van der Waals surface area contributed by atoms with Gasteiger partial charge in [-0.3, -0.25) is 28.2 Å². The monoisotopic (exact) mass is 774 g/mol. The van der Waals surface area contributed by atoms with Crippen LogP contribution < -0.4 is 15.6 Å². The number of aromatic nitrogens is 6. The van der Waals surface area contributed by atoms with Gasteiger partial charge in [0.2, 0.25) is 15.9 Å². The maximum Gasteiger partial charge on any atom is 0.417 e. The number of carbonyl (C=O) groups excluding carboxylic acids is 1. The largest absolute Gasteiger partial charge is 0.417 e. The molecule has 1 atom stereocenters. The van der Waals surface area contributed by atoms with Gasteiger partial charge in [0.25, 0.3) is 5.56 Å². The van der Waals surface area contributed by atoms with Gasteiger partial charge in [-0.15, -0.1) is 0 Å². The van der Waals surface area contributed by atoms with Gasteiger partial charge in [-0.25, -0.2) is 22.2 Å². The molecule has 12 nitrogen and oxygen atoms in total. The molecule has 19 heteroatoms. The highest BCUT2D eigenvalue weighted by atomic mass is 35.5. The van der Waals surface area contributed by atoms with E-state index in [9.17, 15) is 40.0 Å². The number of nitrogens with one attached hydrogen (secondary N) is 2. The number of anilines is 1. The molecule has 276 valence electrons. The highest BCUT2D eigenvalue weighted by molar-refractivity contribution is 7.92. The molecule has 1 fully saturated rings. The lowest BCUT2D eigenvalue weighted by Gasteiger charge is -2.24. The van der Waals surface area contributed by atoms with Gasteiger partial charge in [-0.05, 0) is 60.9 Å². The number of fused-ring (bicyclic) bond motifs is 2. The predicted octanol–water partition coefficient (Wildman–Crippen LogP) is 5.77. The molecule has 1 saturated carbocycles. The Morgan fingerprint density at radius 3 is 2.42 bits per heavy atom. The summed E-state index contributed by atoms with van der Waals surface area (Å²) in [5.74, 6) is -2.79. The fourth-order valence-corrected chi connectivity index (χ4v) is 7.09. The fraction of sp³-hybridized carbons (Fsp3) is 0.265. The zero-order chi connectivity index (χ0) is 38.0. The molecule has 3 aromatic carbocycles. The Hall–Kier alpha value is -5.36. The van der Waals surface area contributed by atoms with Crippen LogP contribution >= 0.6 is 11.6 Å². The van der Waals surface area contributed by atoms with Crippen LogP contribution in [0.5, 0.6) is 0 Å². The van der Waals surface area contributed by atoms with E-state index in [4.69, 9.17) is 11.6 Å². The molecule has 7 rings (SSSR count). The van der Waals surface area contributed by atoms with Crippen LogP contribution in [0.1, 0.15) is 47.4 Å². The Morgan fingerprint density at radius 2 is 1.75 bits per heavy atom. The van der Waals surface area contributed by atoms with Gasteiger partial charge in [0.1, 0.15) is 24.0 Å². The second kappa shape index (κ2) is 13.2. The lowest BCUT2D eigenvalue weighted by Crippen LogP contribution is -2.37. The van der Waals surface area contributed by atoms with E-state index in [-0.39, 0.29) is 57.3 Å². The summed E-state index contributed by atoms with van der Waals surface area (Å²) in [5.41, 5.74) is -2.19. The summed E-state index contributed by atoms with van der Waals surface area (Å²) >= 11 is 6.52. The van der Waals surface area contributed by atoms with Crippen molar-refractivity contribution in [3.8, 4) is 5.69 Å². The van der Waals surface area contributed by atoms with Crippen LogP contribution in [0.4, 0.5) is 27.8 Å². The minimum Gasteiger partial charge on any atom is -0.344 e. The molecule has 0 spiro atoms. The standard InChI is InChI=1S/C34H28ClF5N8O4S/c1-46-30-26(9-8-22(35)29(30)31(44-46)45-53(2,51)52)48-32(42-24-5-3-4-21(34(38,39)40)28(24)33(48)50)25(14-17-12-19(36)15-20(37)13-17)41-27(49)16-47-11-10-23(43-47)18-6-7-18/h3-5,8-13,15,18,25H,6-7,14,16H2,1-2H3,(H,41,49)(H,44,45)/t25-/m0/s1. The second-order valence-electron chi connectivity index (χ2n) is 12.8. The van der Waals surface area contributed by atoms with Gasteiger partial charge in [0.05, 0.1) is 56.1 Å². The number of hydrogen-bond acceptors (Lipinski definition) is 7. The van der Waals surface area contributed by atoms with E-state index in [1.165, 1.54) is 34.6 Å². The Kier molecular flexibility index (Phi) is 9.00. The molecule has 53 heavy (non-hydrogen) atoms. The number of carbonyl (C=O) groups is 1. The molecule has 0 unspecified atom stereocenters. The van der Waals surface area contributed by atoms with E-state index >= 15 is 0 Å². The topological polar surface area (TPSA) is 146 Å². The van der Waals surface area contributed by atoms with Crippen molar-refractivity contribution in [1.29, 1.82) is 0 Å². The third-order valence-electron chi connectivity index (χ3n) is 8.64. The molecular weight excluding hydrogens is 747 g/mol. The van der Waals surface area contributed by atoms with E-state index in [0.29, 0.717) is 12.0 Å². The van der Waals surface area contributed by atoms with Crippen molar-refractivity contribution in [3.05, 3.63) is 110 Å². The average molecular weight is 775 g/mol. The molecule has 1 aliphatic carbocycles. The number of hydrogen-bond donors (Lipinski definition) is 2. The molecule has 0 aliphatic heterocycles. The lowest BCUT2D eigenvalue weighted by atomic mass is 10.0. The van der Waals surface area contributed by atoms with Crippen LogP contribution in [0.25, 0.3) is 27.5 Å². The third-order valence-corrected chi connectivity index (χ3v) is 9.52. The van der Waals surface area contributed by atoms with E-state index in [2.05, 4.69) is 25.2 Å². The van der Waals surface area contributed by atoms with Gasteiger partial charge >= 0.3 is 6.18 Å². The van der Waals surface area contributed by atoms with Gasteiger partial charge in [0.15, 0.2) is 5.82 Å². The Balaban J connectivity index is 1.48. The normalized spacial score (nSPS) is 14.2. The van der Waals surface area contributed by atoms with Crippen molar-refractivity contribution in [2.45, 2.75) is 43.9 Å². The summed E-state index contributed by atoms with van der Waals surface area (Å²) in [5, 5.41) is 10.6. The number of aryl methyl sites for hydroxylation is 1. The summed E-state index contributed by atoms with van der Waals surface area (Å²) in [4.78, 5) is 32.8. The minimum atomic E-state index is -5.00. The first kappa shape index (κ1) is 36.0. The molecule has 3 aromatic heterocycles. The second-order valence-corrected chi connectivity index (χ2v) is 14.9. The van der Waals surface area contributed by atoms with E-state index in [1.54, 1.807) is 12.3 Å². The maximum atomic E-state index is 14.6. The zero-order valence-corrected chi connectivity index (χ0v) is 29.3. The summed E-state index contributed by atoms with van der Waals surface area (Å²) < 4.78 is 102. The van der Waals surface area contributed by atoms with Crippen molar-refractivity contribution < 1.29 is 35.2 Å². The highest BCUT2D eigenvalue weighted by Crippen LogP contribution is 2.39. The van der Waals surface area contributed by atoms with Crippen molar-refractivity contribution in [2.75, 3.05) is 11.0 Å². The summed E-state index contributed by atoms with van der Waals surface area (Å²) in [6.45, 7) is -0.315. The third kappa shape index (κ3) is 7.33. The molecule has 0 bridgehead atoms. The van der Waals surface area contributed by atoms with E-state index in [1.807, 2.05) is 0 Å². The van der Waals surface area contributed by atoms with Crippen LogP contribution in [0, 0.1) is 11.6 Å². The maximum absolute atomic E-state index is 14.6. The number of benzene rings is 3.